The first kappa shape index (κ1) is 28.7. The fourth-order valence-electron chi connectivity index (χ4n) is 4.82. The Bertz CT molecular complexity index is 1690. The molecule has 0 bridgehead atoms. The summed E-state index contributed by atoms with van der Waals surface area (Å²) in [5, 5.41) is 8.48. The number of hydrogen-bond donors (Lipinski definition) is 2. The van der Waals surface area contributed by atoms with Crippen LogP contribution in [0, 0.1) is 5.92 Å². The van der Waals surface area contributed by atoms with Crippen molar-refractivity contribution in [3.05, 3.63) is 93.9 Å². The largest absolute Gasteiger partial charge is 0.462 e. The van der Waals surface area contributed by atoms with Gasteiger partial charge in [-0.3, -0.25) is 9.59 Å². The zero-order chi connectivity index (χ0) is 29.6. The van der Waals surface area contributed by atoms with Gasteiger partial charge in [0.05, 0.1) is 23.9 Å². The van der Waals surface area contributed by atoms with Crippen LogP contribution in [0.4, 0.5) is 5.00 Å². The second-order valence-corrected chi connectivity index (χ2v) is 11.0. The van der Waals surface area contributed by atoms with Gasteiger partial charge in [0, 0.05) is 4.88 Å². The number of fused-ring (bicyclic) bond motifs is 2. The zero-order valence-electron chi connectivity index (χ0n) is 23.1. The van der Waals surface area contributed by atoms with E-state index in [0.717, 1.165) is 34.1 Å². The molecule has 10 heteroatoms. The lowest BCUT2D eigenvalue weighted by atomic mass is 9.88. The van der Waals surface area contributed by atoms with Gasteiger partial charge in [-0.1, -0.05) is 43.3 Å². The summed E-state index contributed by atoms with van der Waals surface area (Å²) < 4.78 is 10.7. The molecule has 42 heavy (non-hydrogen) atoms. The predicted molar refractivity (Wildman–Crippen MR) is 161 cm³/mol. The van der Waals surface area contributed by atoms with E-state index in [9.17, 15) is 19.2 Å². The number of carbonyl (C=O) groups excluding carboxylic acids is 4. The molecule has 1 unspecified atom stereocenters. The van der Waals surface area contributed by atoms with Gasteiger partial charge in [-0.2, -0.15) is 5.10 Å². The highest BCUT2D eigenvalue weighted by Gasteiger charge is 2.30. The minimum Gasteiger partial charge on any atom is -0.462 e. The van der Waals surface area contributed by atoms with Crippen molar-refractivity contribution in [2.24, 2.45) is 11.0 Å². The van der Waals surface area contributed by atoms with Crippen molar-refractivity contribution in [3.63, 3.8) is 0 Å². The van der Waals surface area contributed by atoms with Gasteiger partial charge in [0.2, 0.25) is 0 Å². The van der Waals surface area contributed by atoms with Crippen molar-refractivity contribution < 1.29 is 28.7 Å². The number of ether oxygens (including phenoxy) is 2. The minimum absolute atomic E-state index is 0.204. The topological polar surface area (TPSA) is 123 Å². The molecule has 1 aliphatic rings. The van der Waals surface area contributed by atoms with Gasteiger partial charge < -0.3 is 14.8 Å². The molecule has 2 amide bonds. The number of amides is 2. The van der Waals surface area contributed by atoms with Crippen LogP contribution in [0.2, 0.25) is 0 Å². The Morgan fingerprint density at radius 2 is 1.74 bits per heavy atom. The average Bonchev–Trinajstić information content (AvgIpc) is 3.34. The number of esters is 2. The molecule has 0 radical (unpaired) electrons. The Hall–Kier alpha value is -4.83. The van der Waals surface area contributed by atoms with Crippen LogP contribution in [-0.2, 0) is 27.2 Å². The third-order valence-electron chi connectivity index (χ3n) is 6.90. The highest BCUT2D eigenvalue weighted by Crippen LogP contribution is 2.40. The van der Waals surface area contributed by atoms with E-state index < -0.39 is 23.8 Å². The van der Waals surface area contributed by atoms with Crippen molar-refractivity contribution in [2.75, 3.05) is 11.9 Å². The lowest BCUT2D eigenvalue weighted by Crippen LogP contribution is -2.32. The average molecular weight is 584 g/mol. The fourth-order valence-corrected chi connectivity index (χ4v) is 6.22. The van der Waals surface area contributed by atoms with E-state index in [2.05, 4.69) is 22.8 Å². The number of carbonyl (C=O) groups is 4. The highest BCUT2D eigenvalue weighted by atomic mass is 32.1. The second kappa shape index (κ2) is 12.8. The van der Waals surface area contributed by atoms with Crippen LogP contribution in [-0.4, -0.2) is 36.6 Å². The summed E-state index contributed by atoms with van der Waals surface area (Å²) in [5.41, 5.74) is 4.48. The molecule has 4 aromatic rings. The van der Waals surface area contributed by atoms with Crippen molar-refractivity contribution in [3.8, 4) is 5.75 Å². The predicted octanol–water partition coefficient (Wildman–Crippen LogP) is 5.51. The fraction of sp³-hybridized carbons (Fsp3) is 0.219. The van der Waals surface area contributed by atoms with Crippen LogP contribution in [0.3, 0.4) is 0 Å². The van der Waals surface area contributed by atoms with Gasteiger partial charge in [0.1, 0.15) is 10.8 Å². The number of benzene rings is 3. The standard InChI is InChI=1S/C32H29N3O6S/c1-3-40-32(39)27-25-16-11-19(2)17-26(25)42-30(27)34-28(36)29(37)35-33-18-20-12-14-22(15-13-20)41-31(38)24-10-6-8-21-7-4-5-9-23(21)24/h4-10,12-15,18-19H,3,11,16-17H2,1-2H3,(H,34,36)(H,35,37). The van der Waals surface area contributed by atoms with Gasteiger partial charge in [0.15, 0.2) is 0 Å². The Kier molecular flexibility index (Phi) is 8.73. The van der Waals surface area contributed by atoms with Gasteiger partial charge in [0.25, 0.3) is 0 Å². The molecule has 214 valence electrons. The molecular weight excluding hydrogens is 554 g/mol. The Labute approximate surface area is 246 Å². The lowest BCUT2D eigenvalue weighted by Gasteiger charge is -2.18. The van der Waals surface area contributed by atoms with Crippen LogP contribution >= 0.6 is 11.3 Å². The number of nitrogens with zero attached hydrogens (tertiary/aromatic N) is 1. The quantitative estimate of drug-likeness (QED) is 0.0972. The van der Waals surface area contributed by atoms with Crippen molar-refractivity contribution in [1.82, 2.24) is 5.43 Å². The third-order valence-corrected chi connectivity index (χ3v) is 8.07. The molecule has 3 aromatic carbocycles. The van der Waals surface area contributed by atoms with Crippen LogP contribution in [0.25, 0.3) is 10.8 Å². The summed E-state index contributed by atoms with van der Waals surface area (Å²) in [6.45, 7) is 4.06. The smallest absolute Gasteiger partial charge is 0.344 e. The summed E-state index contributed by atoms with van der Waals surface area (Å²) in [6, 6.07) is 19.6. The number of anilines is 1. The molecule has 9 nitrogen and oxygen atoms in total. The van der Waals surface area contributed by atoms with Gasteiger partial charge >= 0.3 is 23.8 Å². The molecule has 0 saturated carbocycles. The van der Waals surface area contributed by atoms with Crippen LogP contribution < -0.4 is 15.5 Å². The molecule has 1 heterocycles. The van der Waals surface area contributed by atoms with Gasteiger partial charge in [-0.05, 0) is 84.3 Å². The highest BCUT2D eigenvalue weighted by molar-refractivity contribution is 7.17. The van der Waals surface area contributed by atoms with Crippen molar-refractivity contribution >= 4 is 57.1 Å². The summed E-state index contributed by atoms with van der Waals surface area (Å²) in [5.74, 6) is -2.10. The van der Waals surface area contributed by atoms with E-state index >= 15 is 0 Å². The van der Waals surface area contributed by atoms with Crippen LogP contribution in [0.1, 0.15) is 57.0 Å². The molecular formula is C32H29N3O6S. The van der Waals surface area contributed by atoms with E-state index in [1.54, 1.807) is 43.3 Å². The van der Waals surface area contributed by atoms with Crippen LogP contribution in [0.5, 0.6) is 5.75 Å². The Morgan fingerprint density at radius 1 is 0.976 bits per heavy atom. The van der Waals surface area contributed by atoms with E-state index in [-0.39, 0.29) is 6.61 Å². The van der Waals surface area contributed by atoms with E-state index in [1.807, 2.05) is 30.3 Å². The monoisotopic (exact) mass is 583 g/mol. The number of nitrogens with one attached hydrogen (secondary N) is 2. The number of hydrogen-bond acceptors (Lipinski definition) is 8. The Morgan fingerprint density at radius 3 is 2.52 bits per heavy atom. The molecule has 1 atom stereocenters. The SMILES string of the molecule is CCOC(=O)c1c(NC(=O)C(=O)NN=Cc2ccc(OC(=O)c3cccc4ccccc34)cc2)sc2c1CCC(C)C2. The summed E-state index contributed by atoms with van der Waals surface area (Å²) in [7, 11) is 0. The number of rotatable bonds is 7. The molecule has 0 aliphatic heterocycles. The van der Waals surface area contributed by atoms with Crippen LogP contribution in [0.15, 0.2) is 71.8 Å². The summed E-state index contributed by atoms with van der Waals surface area (Å²) in [4.78, 5) is 51.5. The number of hydrazone groups is 1. The first-order chi connectivity index (χ1) is 20.3. The molecule has 5 rings (SSSR count). The minimum atomic E-state index is -0.985. The first-order valence-electron chi connectivity index (χ1n) is 13.6. The van der Waals surface area contributed by atoms with E-state index in [1.165, 1.54) is 17.6 Å². The normalized spacial score (nSPS) is 14.3. The number of thiophene rings is 1. The van der Waals surface area contributed by atoms with Crippen molar-refractivity contribution in [2.45, 2.75) is 33.1 Å². The molecule has 0 fully saturated rings. The molecule has 1 aromatic heterocycles. The maximum Gasteiger partial charge on any atom is 0.344 e. The van der Waals surface area contributed by atoms with Gasteiger partial charge in [-0.25, -0.2) is 15.0 Å². The first-order valence-corrected chi connectivity index (χ1v) is 14.4. The van der Waals surface area contributed by atoms with Gasteiger partial charge in [-0.15, -0.1) is 11.3 Å². The lowest BCUT2D eigenvalue weighted by molar-refractivity contribution is -0.136. The molecule has 0 spiro atoms. The maximum atomic E-state index is 12.8. The van der Waals surface area contributed by atoms with E-state index in [4.69, 9.17) is 9.47 Å². The Balaban J connectivity index is 1.19. The molecule has 2 N–H and O–H groups in total. The summed E-state index contributed by atoms with van der Waals surface area (Å²) >= 11 is 1.30. The van der Waals surface area contributed by atoms with E-state index in [0.29, 0.717) is 39.8 Å². The zero-order valence-corrected chi connectivity index (χ0v) is 24.0. The third kappa shape index (κ3) is 6.39. The maximum absolute atomic E-state index is 12.8. The van der Waals surface area contributed by atoms with Crippen molar-refractivity contribution in [1.29, 1.82) is 0 Å². The summed E-state index contributed by atoms with van der Waals surface area (Å²) in [6.07, 6.45) is 3.82. The molecule has 0 saturated heterocycles. The molecule has 1 aliphatic carbocycles. The second-order valence-electron chi connectivity index (χ2n) is 9.91.